The van der Waals surface area contributed by atoms with E-state index in [0.29, 0.717) is 0 Å². The predicted molar refractivity (Wildman–Crippen MR) is 123 cm³/mol. The van der Waals surface area contributed by atoms with Crippen LogP contribution in [0, 0.1) is 0 Å². The molecule has 0 aromatic rings. The van der Waals surface area contributed by atoms with Crippen molar-refractivity contribution in [3.8, 4) is 0 Å². The first-order chi connectivity index (χ1) is 17.6. The molecule has 0 aliphatic heterocycles. The molecule has 0 rings (SSSR count). The highest BCUT2D eigenvalue weighted by Gasteiger charge is 2.34. The third kappa shape index (κ3) is 20.4. The molecule has 0 atom stereocenters. The quantitative estimate of drug-likeness (QED) is 0.0333. The van der Waals surface area contributed by atoms with Gasteiger partial charge in [0.05, 0.1) is 72.1 Å². The van der Waals surface area contributed by atoms with E-state index in [1.54, 1.807) is 0 Å². The molecule has 0 unspecified atom stereocenters. The lowest BCUT2D eigenvalue weighted by molar-refractivity contribution is -0.141. The number of nitrogens with one attached hydrogen (secondary N) is 2. The summed E-state index contributed by atoms with van der Waals surface area (Å²) in [5.74, 6) is -4.78. The van der Waals surface area contributed by atoms with Crippen LogP contribution in [0.15, 0.2) is 5.11 Å². The number of amides is 2. The Morgan fingerprint density at radius 2 is 1.22 bits per heavy atom. The smallest absolute Gasteiger partial charge is 0.305 e. The van der Waals surface area contributed by atoms with Gasteiger partial charge in [0, 0.05) is 18.0 Å². The highest BCUT2D eigenvalue weighted by Crippen LogP contribution is 2.11. The van der Waals surface area contributed by atoms with Crippen molar-refractivity contribution in [1.82, 2.24) is 10.6 Å². The lowest BCUT2D eigenvalue weighted by Gasteiger charge is -2.34. The van der Waals surface area contributed by atoms with Gasteiger partial charge in [-0.2, -0.15) is 0 Å². The first kappa shape index (κ1) is 33.5. The summed E-state index contributed by atoms with van der Waals surface area (Å²) in [6.45, 7) is -1.16. The maximum atomic E-state index is 12.6. The highest BCUT2D eigenvalue weighted by atomic mass is 16.5. The van der Waals surface area contributed by atoms with E-state index in [1.165, 1.54) is 0 Å². The average molecular weight is 536 g/mol. The summed E-state index contributed by atoms with van der Waals surface area (Å²) in [5.41, 5.74) is 6.69. The molecule has 0 aromatic carbocycles. The standard InChI is InChI=1S/C20H33N5O12/c21-25-23-5-10-34-9-4-22-15(26)11-16(27)24-20(12-35-6-1-17(28)29,13-36-7-2-18(30)31)14-37-8-3-19(32)33/h1-14H2,(H,22,26)(H,24,27)(H,28,29)(H,30,31)(H,32,33). The van der Waals surface area contributed by atoms with Crippen LogP contribution in [-0.4, -0.2) is 117 Å². The second-order valence-electron chi connectivity index (χ2n) is 7.51. The number of azide groups is 1. The predicted octanol–water partition coefficient (Wildman–Crippen LogP) is -0.851. The third-order valence-corrected chi connectivity index (χ3v) is 4.21. The molecule has 0 spiro atoms. The highest BCUT2D eigenvalue weighted by molar-refractivity contribution is 5.97. The molecule has 210 valence electrons. The van der Waals surface area contributed by atoms with Crippen molar-refractivity contribution in [3.63, 3.8) is 0 Å². The van der Waals surface area contributed by atoms with Crippen LogP contribution in [0.4, 0.5) is 0 Å². The van der Waals surface area contributed by atoms with E-state index in [4.69, 9.17) is 39.8 Å². The van der Waals surface area contributed by atoms with Crippen LogP contribution in [0.2, 0.25) is 0 Å². The Morgan fingerprint density at radius 3 is 1.65 bits per heavy atom. The van der Waals surface area contributed by atoms with Crippen molar-refractivity contribution < 1.29 is 58.2 Å². The van der Waals surface area contributed by atoms with Crippen LogP contribution in [0.25, 0.3) is 10.4 Å². The molecule has 17 heteroatoms. The van der Waals surface area contributed by atoms with E-state index >= 15 is 0 Å². The first-order valence-corrected chi connectivity index (χ1v) is 11.1. The number of aliphatic carboxylic acids is 3. The molecule has 5 N–H and O–H groups in total. The summed E-state index contributed by atoms with van der Waals surface area (Å²) in [6.07, 6.45) is -1.62. The Kier molecular flexibility index (Phi) is 18.7. The molecule has 0 aromatic heterocycles. The van der Waals surface area contributed by atoms with Gasteiger partial charge in [0.2, 0.25) is 11.8 Å². The summed E-state index contributed by atoms with van der Waals surface area (Å²) in [4.78, 5) is 59.6. The molecular formula is C20H33N5O12. The molecule has 0 fully saturated rings. The topological polar surface area (TPSA) is 256 Å². The second-order valence-corrected chi connectivity index (χ2v) is 7.51. The van der Waals surface area contributed by atoms with Gasteiger partial charge in [0.1, 0.15) is 12.0 Å². The lowest BCUT2D eigenvalue weighted by Crippen LogP contribution is -2.59. The zero-order valence-corrected chi connectivity index (χ0v) is 20.3. The van der Waals surface area contributed by atoms with E-state index in [2.05, 4.69) is 20.7 Å². The Bertz CT molecular complexity index is 733. The number of rotatable bonds is 24. The van der Waals surface area contributed by atoms with Crippen molar-refractivity contribution in [2.75, 3.05) is 65.9 Å². The molecule has 2 amide bonds. The number of carboxylic acid groups (broad SMARTS) is 3. The molecule has 37 heavy (non-hydrogen) atoms. The molecule has 0 saturated carbocycles. The third-order valence-electron chi connectivity index (χ3n) is 4.21. The fourth-order valence-corrected chi connectivity index (χ4v) is 2.58. The van der Waals surface area contributed by atoms with Gasteiger partial charge < -0.3 is 44.9 Å². The van der Waals surface area contributed by atoms with Crippen LogP contribution < -0.4 is 10.6 Å². The van der Waals surface area contributed by atoms with Gasteiger partial charge in [-0.1, -0.05) is 5.11 Å². The Balaban J connectivity index is 5.11. The number of ether oxygens (including phenoxy) is 4. The van der Waals surface area contributed by atoms with E-state index < -0.39 is 41.7 Å². The zero-order valence-electron chi connectivity index (χ0n) is 20.3. The van der Waals surface area contributed by atoms with Gasteiger partial charge in [-0.15, -0.1) is 0 Å². The summed E-state index contributed by atoms with van der Waals surface area (Å²) in [7, 11) is 0. The number of nitrogens with zero attached hydrogens (tertiary/aromatic N) is 3. The van der Waals surface area contributed by atoms with Gasteiger partial charge in [-0.25, -0.2) is 0 Å². The van der Waals surface area contributed by atoms with E-state index in [9.17, 15) is 24.0 Å². The van der Waals surface area contributed by atoms with Gasteiger partial charge in [-0.3, -0.25) is 24.0 Å². The summed E-state index contributed by atoms with van der Waals surface area (Å²) in [6, 6.07) is 0. The van der Waals surface area contributed by atoms with E-state index in [0.717, 1.165) is 0 Å². The normalized spacial score (nSPS) is 10.8. The number of carbonyl (C=O) groups is 5. The fraction of sp³-hybridized carbons (Fsp3) is 0.750. The Hall–Kier alpha value is -3.50. The number of hydrogen-bond acceptors (Lipinski definition) is 10. The molecule has 0 saturated heterocycles. The van der Waals surface area contributed by atoms with Crippen LogP contribution >= 0.6 is 0 Å². The summed E-state index contributed by atoms with van der Waals surface area (Å²) < 4.78 is 21.2. The van der Waals surface area contributed by atoms with Crippen molar-refractivity contribution in [1.29, 1.82) is 0 Å². The molecule has 0 aliphatic rings. The summed E-state index contributed by atoms with van der Waals surface area (Å²) in [5, 5.41) is 34.7. The minimum absolute atomic E-state index is 0.0857. The Labute approximate surface area is 212 Å². The molecular weight excluding hydrogens is 502 g/mol. The van der Waals surface area contributed by atoms with Gasteiger partial charge in [-0.05, 0) is 5.53 Å². The van der Waals surface area contributed by atoms with Crippen molar-refractivity contribution in [2.24, 2.45) is 5.11 Å². The lowest BCUT2D eigenvalue weighted by atomic mass is 10.0. The van der Waals surface area contributed by atoms with Gasteiger partial charge in [0.25, 0.3) is 0 Å². The van der Waals surface area contributed by atoms with Gasteiger partial charge in [0.15, 0.2) is 0 Å². The minimum atomic E-state index is -1.47. The van der Waals surface area contributed by atoms with Crippen molar-refractivity contribution >= 4 is 29.7 Å². The van der Waals surface area contributed by atoms with Crippen LogP contribution in [-0.2, 0) is 42.9 Å². The second kappa shape index (κ2) is 20.7. The monoisotopic (exact) mass is 535 g/mol. The summed E-state index contributed by atoms with van der Waals surface area (Å²) >= 11 is 0. The maximum absolute atomic E-state index is 12.6. The van der Waals surface area contributed by atoms with Gasteiger partial charge >= 0.3 is 17.9 Å². The molecule has 0 heterocycles. The molecule has 0 radical (unpaired) electrons. The maximum Gasteiger partial charge on any atom is 0.305 e. The zero-order chi connectivity index (χ0) is 27.9. The first-order valence-electron chi connectivity index (χ1n) is 11.1. The molecule has 0 aliphatic carbocycles. The van der Waals surface area contributed by atoms with Crippen molar-refractivity contribution in [3.05, 3.63) is 10.4 Å². The van der Waals surface area contributed by atoms with Crippen LogP contribution in [0.5, 0.6) is 0 Å². The van der Waals surface area contributed by atoms with Crippen LogP contribution in [0.1, 0.15) is 25.7 Å². The van der Waals surface area contributed by atoms with E-state index in [-0.39, 0.29) is 85.2 Å². The minimum Gasteiger partial charge on any atom is -0.481 e. The SMILES string of the molecule is [N-]=[N+]=NCCOCCNC(=O)CC(=O)NC(COCCC(=O)O)(COCCC(=O)O)COCCC(=O)O. The van der Waals surface area contributed by atoms with Crippen molar-refractivity contribution in [2.45, 2.75) is 31.2 Å². The number of carboxylic acids is 3. The number of hydrogen-bond donors (Lipinski definition) is 5. The molecule has 17 nitrogen and oxygen atoms in total. The Morgan fingerprint density at radius 1 is 0.730 bits per heavy atom. The van der Waals surface area contributed by atoms with E-state index in [1.807, 2.05) is 0 Å². The average Bonchev–Trinajstić information content (AvgIpc) is 2.81. The number of carbonyl (C=O) groups excluding carboxylic acids is 2. The van der Waals surface area contributed by atoms with Crippen LogP contribution in [0.3, 0.4) is 0 Å². The fourth-order valence-electron chi connectivity index (χ4n) is 2.58. The largest absolute Gasteiger partial charge is 0.481 e. The molecule has 0 bridgehead atoms.